The van der Waals surface area contributed by atoms with Crippen molar-refractivity contribution in [3.8, 4) is 0 Å². The number of rotatable bonds is 4. The van der Waals surface area contributed by atoms with Crippen LogP contribution in [0.25, 0.3) is 0 Å². The van der Waals surface area contributed by atoms with E-state index in [4.69, 9.17) is 16.1 Å². The minimum Gasteiger partial charge on any atom is -0.361 e. The molecule has 0 N–H and O–H groups in total. The standard InChI is InChI=1S/C13H12ClN3O4/c1-8-5-9(15-21-8)7-16(2)13(18)11-6-10(17(19)20)3-4-12(11)14/h3-6H,7H2,1-2H3. The SMILES string of the molecule is Cc1cc(CN(C)C(=O)c2cc([N+](=O)[O-])ccc2Cl)no1. The van der Waals surface area contributed by atoms with Crippen LogP contribution in [0.1, 0.15) is 21.8 Å². The Morgan fingerprint density at radius 3 is 2.76 bits per heavy atom. The van der Waals surface area contributed by atoms with E-state index < -0.39 is 10.8 Å². The van der Waals surface area contributed by atoms with Gasteiger partial charge in [-0.3, -0.25) is 14.9 Å². The number of amides is 1. The summed E-state index contributed by atoms with van der Waals surface area (Å²) in [5.74, 6) is 0.212. The van der Waals surface area contributed by atoms with Crippen molar-refractivity contribution in [1.82, 2.24) is 10.1 Å². The maximum atomic E-state index is 12.3. The zero-order valence-corrected chi connectivity index (χ0v) is 12.1. The molecule has 1 amide bonds. The average molecular weight is 310 g/mol. The second-order valence-electron chi connectivity index (χ2n) is 4.51. The van der Waals surface area contributed by atoms with Gasteiger partial charge in [-0.25, -0.2) is 0 Å². The fraction of sp³-hybridized carbons (Fsp3) is 0.231. The Hall–Kier alpha value is -2.41. The summed E-state index contributed by atoms with van der Waals surface area (Å²) in [4.78, 5) is 23.9. The molecule has 2 aromatic rings. The molecule has 0 fully saturated rings. The van der Waals surface area contributed by atoms with Gasteiger partial charge in [0.1, 0.15) is 11.5 Å². The lowest BCUT2D eigenvalue weighted by molar-refractivity contribution is -0.384. The Morgan fingerprint density at radius 1 is 1.48 bits per heavy atom. The quantitative estimate of drug-likeness (QED) is 0.640. The summed E-state index contributed by atoms with van der Waals surface area (Å²) in [6, 6.07) is 5.45. The highest BCUT2D eigenvalue weighted by atomic mass is 35.5. The second kappa shape index (κ2) is 5.92. The van der Waals surface area contributed by atoms with E-state index in [1.54, 1.807) is 20.0 Å². The van der Waals surface area contributed by atoms with Crippen LogP contribution in [0.2, 0.25) is 5.02 Å². The Bertz CT molecular complexity index is 698. The predicted octanol–water partition coefficient (Wildman–Crippen LogP) is 2.82. The van der Waals surface area contributed by atoms with Gasteiger partial charge in [0.05, 0.1) is 22.1 Å². The molecule has 0 bridgehead atoms. The van der Waals surface area contributed by atoms with Gasteiger partial charge in [-0.15, -0.1) is 0 Å². The number of non-ortho nitro benzene ring substituents is 1. The van der Waals surface area contributed by atoms with E-state index in [1.807, 2.05) is 0 Å². The van der Waals surface area contributed by atoms with Crippen LogP contribution in [-0.2, 0) is 6.54 Å². The zero-order chi connectivity index (χ0) is 15.6. The number of aromatic nitrogens is 1. The van der Waals surface area contributed by atoms with Crippen LogP contribution < -0.4 is 0 Å². The Morgan fingerprint density at radius 2 is 2.19 bits per heavy atom. The number of nitro groups is 1. The van der Waals surface area contributed by atoms with Crippen LogP contribution in [0.3, 0.4) is 0 Å². The number of hydrogen-bond donors (Lipinski definition) is 0. The number of carbonyl (C=O) groups is 1. The van der Waals surface area contributed by atoms with E-state index in [0.717, 1.165) is 6.07 Å². The zero-order valence-electron chi connectivity index (χ0n) is 11.4. The fourth-order valence-corrected chi connectivity index (χ4v) is 2.00. The fourth-order valence-electron chi connectivity index (χ4n) is 1.80. The summed E-state index contributed by atoms with van der Waals surface area (Å²) in [5, 5.41) is 14.7. The van der Waals surface area contributed by atoms with Crippen molar-refractivity contribution in [3.63, 3.8) is 0 Å². The van der Waals surface area contributed by atoms with Crippen molar-refractivity contribution in [2.45, 2.75) is 13.5 Å². The number of hydrogen-bond acceptors (Lipinski definition) is 5. The molecule has 0 saturated heterocycles. The summed E-state index contributed by atoms with van der Waals surface area (Å²) in [7, 11) is 1.56. The molecule has 2 rings (SSSR count). The monoisotopic (exact) mass is 309 g/mol. The van der Waals surface area contributed by atoms with Gasteiger partial charge in [0.2, 0.25) is 0 Å². The summed E-state index contributed by atoms with van der Waals surface area (Å²) in [6.07, 6.45) is 0. The average Bonchev–Trinajstić information content (AvgIpc) is 2.83. The van der Waals surface area contributed by atoms with Crippen LogP contribution in [0.5, 0.6) is 0 Å². The molecule has 0 saturated carbocycles. The molecule has 110 valence electrons. The third-order valence-corrected chi connectivity index (χ3v) is 3.14. The first-order valence-corrected chi connectivity index (χ1v) is 6.38. The number of nitrogens with zero attached hydrogens (tertiary/aromatic N) is 3. The van der Waals surface area contributed by atoms with E-state index in [9.17, 15) is 14.9 Å². The number of nitro benzene ring substituents is 1. The number of carbonyl (C=O) groups excluding carboxylic acids is 1. The van der Waals surface area contributed by atoms with Crippen molar-refractivity contribution in [2.24, 2.45) is 0 Å². The molecule has 1 aromatic heterocycles. The second-order valence-corrected chi connectivity index (χ2v) is 4.92. The summed E-state index contributed by atoms with van der Waals surface area (Å²) in [6.45, 7) is 1.96. The Balaban J connectivity index is 2.22. The molecule has 21 heavy (non-hydrogen) atoms. The van der Waals surface area contributed by atoms with E-state index in [0.29, 0.717) is 11.5 Å². The molecule has 1 aromatic carbocycles. The first kappa shape index (κ1) is 15.0. The molecule has 0 aliphatic carbocycles. The maximum Gasteiger partial charge on any atom is 0.270 e. The maximum absolute atomic E-state index is 12.3. The molecule has 0 radical (unpaired) electrons. The lowest BCUT2D eigenvalue weighted by Gasteiger charge is -2.16. The predicted molar refractivity (Wildman–Crippen MR) is 75.1 cm³/mol. The van der Waals surface area contributed by atoms with Crippen molar-refractivity contribution < 1.29 is 14.2 Å². The molecule has 7 nitrogen and oxygen atoms in total. The van der Waals surface area contributed by atoms with Crippen LogP contribution in [0, 0.1) is 17.0 Å². The van der Waals surface area contributed by atoms with E-state index >= 15 is 0 Å². The van der Waals surface area contributed by atoms with Gasteiger partial charge >= 0.3 is 0 Å². The van der Waals surface area contributed by atoms with Gasteiger partial charge in [-0.05, 0) is 13.0 Å². The Kier molecular flexibility index (Phi) is 4.23. The molecule has 1 heterocycles. The van der Waals surface area contributed by atoms with Crippen LogP contribution in [-0.4, -0.2) is 27.9 Å². The molecule has 0 spiro atoms. The third-order valence-electron chi connectivity index (χ3n) is 2.81. The highest BCUT2D eigenvalue weighted by Crippen LogP contribution is 2.23. The summed E-state index contributed by atoms with van der Waals surface area (Å²) >= 11 is 5.94. The number of aryl methyl sites for hydroxylation is 1. The minimum absolute atomic E-state index is 0.0774. The van der Waals surface area contributed by atoms with Crippen molar-refractivity contribution in [1.29, 1.82) is 0 Å². The van der Waals surface area contributed by atoms with Gasteiger partial charge < -0.3 is 9.42 Å². The minimum atomic E-state index is -0.575. The first-order valence-electron chi connectivity index (χ1n) is 6.00. The van der Waals surface area contributed by atoms with Crippen molar-refractivity contribution >= 4 is 23.2 Å². The van der Waals surface area contributed by atoms with Crippen LogP contribution in [0.15, 0.2) is 28.8 Å². The molecule has 0 aliphatic heterocycles. The topological polar surface area (TPSA) is 89.5 Å². The summed E-state index contributed by atoms with van der Waals surface area (Å²) < 4.78 is 4.92. The highest BCUT2D eigenvalue weighted by Gasteiger charge is 2.20. The molecular formula is C13H12ClN3O4. The Labute approximate surface area is 125 Å². The first-order chi connectivity index (χ1) is 9.88. The highest BCUT2D eigenvalue weighted by molar-refractivity contribution is 6.33. The smallest absolute Gasteiger partial charge is 0.270 e. The van der Waals surface area contributed by atoms with Crippen LogP contribution in [0.4, 0.5) is 5.69 Å². The lowest BCUT2D eigenvalue weighted by Crippen LogP contribution is -2.26. The van der Waals surface area contributed by atoms with Gasteiger partial charge in [0.15, 0.2) is 0 Å². The number of benzene rings is 1. The molecular weight excluding hydrogens is 298 g/mol. The van der Waals surface area contributed by atoms with Gasteiger partial charge in [-0.1, -0.05) is 16.8 Å². The normalized spacial score (nSPS) is 10.4. The van der Waals surface area contributed by atoms with Crippen LogP contribution >= 0.6 is 11.6 Å². The molecule has 0 aliphatic rings. The van der Waals surface area contributed by atoms with Gasteiger partial charge in [0.25, 0.3) is 11.6 Å². The van der Waals surface area contributed by atoms with Gasteiger partial charge in [-0.2, -0.15) is 0 Å². The lowest BCUT2D eigenvalue weighted by atomic mass is 10.1. The largest absolute Gasteiger partial charge is 0.361 e. The van der Waals surface area contributed by atoms with Gasteiger partial charge in [0, 0.05) is 25.2 Å². The summed E-state index contributed by atoms with van der Waals surface area (Å²) in [5.41, 5.74) is 0.479. The van der Waals surface area contributed by atoms with E-state index in [-0.39, 0.29) is 22.8 Å². The van der Waals surface area contributed by atoms with Crippen molar-refractivity contribution in [3.05, 3.63) is 56.4 Å². The molecule has 8 heteroatoms. The van der Waals surface area contributed by atoms with E-state index in [2.05, 4.69) is 5.16 Å². The molecule has 0 unspecified atom stereocenters. The molecule has 0 atom stereocenters. The van der Waals surface area contributed by atoms with Crippen molar-refractivity contribution in [2.75, 3.05) is 7.05 Å². The van der Waals surface area contributed by atoms with E-state index in [1.165, 1.54) is 17.0 Å². The third kappa shape index (κ3) is 3.38. The number of halogens is 1.